The Hall–Kier alpha value is -0.870. The van der Waals surface area contributed by atoms with Gasteiger partial charge in [0.15, 0.2) is 0 Å². The first-order chi connectivity index (χ1) is 7.52. The van der Waals surface area contributed by atoms with Gasteiger partial charge in [0.05, 0.1) is 12.5 Å². The summed E-state index contributed by atoms with van der Waals surface area (Å²) >= 11 is 0. The van der Waals surface area contributed by atoms with Crippen LogP contribution in [0.3, 0.4) is 0 Å². The summed E-state index contributed by atoms with van der Waals surface area (Å²) in [5, 5.41) is 8.87. The molecule has 0 spiro atoms. The van der Waals surface area contributed by atoms with Crippen molar-refractivity contribution in [2.45, 2.75) is 27.2 Å². The molecule has 4 heteroatoms. The molecule has 0 amide bonds. The highest BCUT2D eigenvalue weighted by molar-refractivity contribution is 5.70. The monoisotopic (exact) mass is 230 g/mol. The van der Waals surface area contributed by atoms with E-state index in [9.17, 15) is 4.79 Å². The van der Waals surface area contributed by atoms with Crippen molar-refractivity contribution in [3.8, 4) is 0 Å². The van der Waals surface area contributed by atoms with Crippen molar-refractivity contribution in [2.24, 2.45) is 11.8 Å². The Morgan fingerprint density at radius 1 is 1.44 bits per heavy atom. The number of carboxylic acids is 1. The quantitative estimate of drug-likeness (QED) is 0.395. The van der Waals surface area contributed by atoms with E-state index in [1.807, 2.05) is 19.9 Å². The molecule has 0 saturated heterocycles. The third-order valence-corrected chi connectivity index (χ3v) is 2.62. The maximum atomic E-state index is 10.8. The Bertz CT molecular complexity index is 235. The topological polar surface area (TPSA) is 55.8 Å². The van der Waals surface area contributed by atoms with Crippen LogP contribution in [0.4, 0.5) is 0 Å². The van der Waals surface area contributed by atoms with Gasteiger partial charge in [0.2, 0.25) is 0 Å². The fraction of sp³-hybridized carbons (Fsp3) is 0.750. The SMILES string of the molecule is CC/C(=C\[C@H](C)[C@H](C)C(=O)O)COCOC. The Balaban J connectivity index is 4.26. The second-order valence-electron chi connectivity index (χ2n) is 3.92. The molecule has 16 heavy (non-hydrogen) atoms. The van der Waals surface area contributed by atoms with Gasteiger partial charge in [-0.1, -0.05) is 26.8 Å². The van der Waals surface area contributed by atoms with Crippen molar-refractivity contribution >= 4 is 5.97 Å². The second kappa shape index (κ2) is 8.30. The van der Waals surface area contributed by atoms with Crippen LogP contribution in [0.1, 0.15) is 27.2 Å². The van der Waals surface area contributed by atoms with E-state index < -0.39 is 5.97 Å². The Kier molecular flexibility index (Phi) is 7.85. The molecule has 0 bridgehead atoms. The van der Waals surface area contributed by atoms with E-state index in [-0.39, 0.29) is 18.6 Å². The van der Waals surface area contributed by atoms with Crippen molar-refractivity contribution in [3.63, 3.8) is 0 Å². The van der Waals surface area contributed by atoms with Gasteiger partial charge in [0, 0.05) is 7.11 Å². The van der Waals surface area contributed by atoms with Gasteiger partial charge < -0.3 is 14.6 Å². The molecule has 1 N–H and O–H groups in total. The average Bonchev–Trinajstić information content (AvgIpc) is 2.26. The lowest BCUT2D eigenvalue weighted by atomic mass is 9.93. The van der Waals surface area contributed by atoms with Crippen LogP contribution in [0.5, 0.6) is 0 Å². The Morgan fingerprint density at radius 2 is 2.06 bits per heavy atom. The predicted octanol–water partition coefficient (Wildman–Crippen LogP) is 2.30. The Labute approximate surface area is 97.2 Å². The van der Waals surface area contributed by atoms with Gasteiger partial charge in [-0.25, -0.2) is 0 Å². The van der Waals surface area contributed by atoms with Crippen molar-refractivity contribution in [3.05, 3.63) is 11.6 Å². The summed E-state index contributed by atoms with van der Waals surface area (Å²) in [4.78, 5) is 10.8. The van der Waals surface area contributed by atoms with E-state index >= 15 is 0 Å². The first-order valence-electron chi connectivity index (χ1n) is 5.51. The first kappa shape index (κ1) is 15.1. The smallest absolute Gasteiger partial charge is 0.306 e. The fourth-order valence-corrected chi connectivity index (χ4v) is 1.27. The summed E-state index contributed by atoms with van der Waals surface area (Å²) in [5.74, 6) is -1.13. The zero-order valence-corrected chi connectivity index (χ0v) is 10.5. The van der Waals surface area contributed by atoms with Gasteiger partial charge in [-0.2, -0.15) is 0 Å². The zero-order chi connectivity index (χ0) is 12.6. The maximum absolute atomic E-state index is 10.8. The van der Waals surface area contributed by atoms with Crippen LogP contribution in [0.25, 0.3) is 0 Å². The highest BCUT2D eigenvalue weighted by Gasteiger charge is 2.17. The molecule has 0 radical (unpaired) electrons. The number of carbonyl (C=O) groups is 1. The number of hydrogen-bond acceptors (Lipinski definition) is 3. The number of ether oxygens (including phenoxy) is 2. The minimum absolute atomic E-state index is 0.0126. The molecule has 4 nitrogen and oxygen atoms in total. The number of hydrogen-bond donors (Lipinski definition) is 1. The number of methoxy groups -OCH3 is 1. The van der Waals surface area contributed by atoms with Gasteiger partial charge in [-0.15, -0.1) is 0 Å². The van der Waals surface area contributed by atoms with Gasteiger partial charge in [-0.3, -0.25) is 4.79 Å². The highest BCUT2D eigenvalue weighted by atomic mass is 16.7. The van der Waals surface area contributed by atoms with E-state index in [2.05, 4.69) is 0 Å². The van der Waals surface area contributed by atoms with E-state index in [1.54, 1.807) is 14.0 Å². The molecule has 94 valence electrons. The summed E-state index contributed by atoms with van der Waals surface area (Å²) in [6, 6.07) is 0. The van der Waals surface area contributed by atoms with E-state index in [4.69, 9.17) is 14.6 Å². The van der Waals surface area contributed by atoms with Crippen molar-refractivity contribution < 1.29 is 19.4 Å². The van der Waals surface area contributed by atoms with Crippen LogP contribution >= 0.6 is 0 Å². The largest absolute Gasteiger partial charge is 0.481 e. The molecule has 0 fully saturated rings. The summed E-state index contributed by atoms with van der Waals surface area (Å²) < 4.78 is 10.0. The number of allylic oxidation sites excluding steroid dienone is 1. The summed E-state index contributed by atoms with van der Waals surface area (Å²) in [6.45, 7) is 6.42. The molecule has 0 aliphatic heterocycles. The molecule has 0 saturated carbocycles. The number of rotatable bonds is 8. The van der Waals surface area contributed by atoms with E-state index in [0.29, 0.717) is 6.61 Å². The molecule has 0 unspecified atom stereocenters. The molecule has 2 atom stereocenters. The lowest BCUT2D eigenvalue weighted by Crippen LogP contribution is -2.17. The lowest BCUT2D eigenvalue weighted by molar-refractivity contribution is -0.142. The highest BCUT2D eigenvalue weighted by Crippen LogP contribution is 2.16. The van der Waals surface area contributed by atoms with Gasteiger partial charge >= 0.3 is 5.97 Å². The van der Waals surface area contributed by atoms with Crippen molar-refractivity contribution in [1.82, 2.24) is 0 Å². The van der Waals surface area contributed by atoms with E-state index in [0.717, 1.165) is 12.0 Å². The Morgan fingerprint density at radius 3 is 2.50 bits per heavy atom. The summed E-state index contributed by atoms with van der Waals surface area (Å²) in [7, 11) is 1.57. The zero-order valence-electron chi connectivity index (χ0n) is 10.5. The molecule has 0 aromatic rings. The number of aliphatic carboxylic acids is 1. The molecule has 0 aromatic heterocycles. The standard InChI is InChI=1S/C12H22O4/c1-5-11(7-16-8-15-4)6-9(2)10(3)12(13)14/h6,9-10H,5,7-8H2,1-4H3,(H,13,14)/b11-6+/t9-,10-/m0/s1. The van der Waals surface area contributed by atoms with Crippen LogP contribution in [0.15, 0.2) is 11.6 Å². The molecular weight excluding hydrogens is 208 g/mol. The van der Waals surface area contributed by atoms with Gasteiger partial charge in [0.1, 0.15) is 6.79 Å². The molecule has 0 rings (SSSR count). The molecular formula is C12H22O4. The minimum atomic E-state index is -0.767. The first-order valence-corrected chi connectivity index (χ1v) is 5.51. The number of carboxylic acid groups (broad SMARTS) is 1. The van der Waals surface area contributed by atoms with Crippen molar-refractivity contribution in [2.75, 3.05) is 20.5 Å². The molecule has 0 aromatic carbocycles. The van der Waals surface area contributed by atoms with Gasteiger partial charge in [-0.05, 0) is 17.9 Å². The second-order valence-corrected chi connectivity index (χ2v) is 3.92. The molecule has 0 aliphatic carbocycles. The van der Waals surface area contributed by atoms with E-state index in [1.165, 1.54) is 0 Å². The fourth-order valence-electron chi connectivity index (χ4n) is 1.27. The minimum Gasteiger partial charge on any atom is -0.481 e. The third kappa shape index (κ3) is 5.88. The summed E-state index contributed by atoms with van der Waals surface area (Å²) in [6.07, 6.45) is 2.84. The van der Waals surface area contributed by atoms with Crippen molar-refractivity contribution in [1.29, 1.82) is 0 Å². The average molecular weight is 230 g/mol. The van der Waals surface area contributed by atoms with Crippen LogP contribution < -0.4 is 0 Å². The maximum Gasteiger partial charge on any atom is 0.306 e. The van der Waals surface area contributed by atoms with Crippen LogP contribution in [-0.4, -0.2) is 31.6 Å². The third-order valence-electron chi connectivity index (χ3n) is 2.62. The summed E-state index contributed by atoms with van der Waals surface area (Å²) in [5.41, 5.74) is 1.11. The normalized spacial score (nSPS) is 15.9. The predicted molar refractivity (Wildman–Crippen MR) is 62.2 cm³/mol. The molecule has 0 aliphatic rings. The van der Waals surface area contributed by atoms with Crippen LogP contribution in [-0.2, 0) is 14.3 Å². The van der Waals surface area contributed by atoms with Gasteiger partial charge in [0.25, 0.3) is 0 Å². The molecule has 0 heterocycles. The lowest BCUT2D eigenvalue weighted by Gasteiger charge is -2.14. The van der Waals surface area contributed by atoms with Crippen LogP contribution in [0.2, 0.25) is 0 Å². The van der Waals surface area contributed by atoms with Crippen LogP contribution in [0, 0.1) is 11.8 Å².